The number of hydrogen-bond donors (Lipinski definition) is 1. The molecule has 0 saturated carbocycles. The molecule has 0 radical (unpaired) electrons. The number of rotatable bonds is 7. The first-order valence-corrected chi connectivity index (χ1v) is 7.98. The maximum atomic E-state index is 13.3. The fourth-order valence-electron chi connectivity index (χ4n) is 2.23. The monoisotopic (exact) mass is 341 g/mol. The van der Waals surface area contributed by atoms with Crippen LogP contribution in [0.3, 0.4) is 0 Å². The molecule has 1 amide bonds. The maximum Gasteiger partial charge on any atom is 0.407 e. The van der Waals surface area contributed by atoms with Crippen molar-refractivity contribution in [3.63, 3.8) is 0 Å². The Balaban J connectivity index is 1.75. The molecular weight excluding hydrogens is 321 g/mol. The van der Waals surface area contributed by atoms with Crippen molar-refractivity contribution in [3.8, 4) is 0 Å². The standard InChI is InChI=1S/C20H20FNO3/c1-15(23)19-11-10-18(21)13-17(19)9-5-6-12-22-20(24)25-14-16-7-3-2-4-8-16/h2-5,7-11,13H,6,12,14H2,1H3,(H,22,24). The van der Waals surface area contributed by atoms with Gasteiger partial charge in [0.25, 0.3) is 0 Å². The van der Waals surface area contributed by atoms with E-state index < -0.39 is 11.9 Å². The van der Waals surface area contributed by atoms with Crippen LogP contribution >= 0.6 is 0 Å². The number of carbonyl (C=O) groups excluding carboxylic acids is 2. The van der Waals surface area contributed by atoms with Crippen LogP contribution in [0.25, 0.3) is 6.08 Å². The molecule has 0 aromatic heterocycles. The van der Waals surface area contributed by atoms with Gasteiger partial charge in [-0.2, -0.15) is 0 Å². The Morgan fingerprint density at radius 2 is 1.92 bits per heavy atom. The van der Waals surface area contributed by atoms with E-state index in [2.05, 4.69) is 5.32 Å². The summed E-state index contributed by atoms with van der Waals surface area (Å²) in [5.74, 6) is -0.519. The maximum absolute atomic E-state index is 13.3. The van der Waals surface area contributed by atoms with Crippen LogP contribution in [0.2, 0.25) is 0 Å². The zero-order valence-corrected chi connectivity index (χ0v) is 14.0. The summed E-state index contributed by atoms with van der Waals surface area (Å²) in [6, 6.07) is 13.4. The van der Waals surface area contributed by atoms with Crippen LogP contribution in [-0.2, 0) is 11.3 Å². The van der Waals surface area contributed by atoms with Crippen molar-refractivity contribution < 1.29 is 18.7 Å². The Hall–Kier alpha value is -2.95. The minimum atomic E-state index is -0.493. The topological polar surface area (TPSA) is 55.4 Å². The Kier molecular flexibility index (Phi) is 6.89. The van der Waals surface area contributed by atoms with Gasteiger partial charge in [0.2, 0.25) is 0 Å². The van der Waals surface area contributed by atoms with Gasteiger partial charge in [0.1, 0.15) is 12.4 Å². The summed E-state index contributed by atoms with van der Waals surface area (Å²) in [7, 11) is 0. The lowest BCUT2D eigenvalue weighted by Gasteiger charge is -2.06. The van der Waals surface area contributed by atoms with E-state index in [-0.39, 0.29) is 12.4 Å². The highest BCUT2D eigenvalue weighted by molar-refractivity contribution is 5.97. The highest BCUT2D eigenvalue weighted by atomic mass is 19.1. The zero-order valence-electron chi connectivity index (χ0n) is 14.0. The van der Waals surface area contributed by atoms with Crippen LogP contribution in [0.1, 0.15) is 34.8 Å². The lowest BCUT2D eigenvalue weighted by molar-refractivity contribution is 0.101. The van der Waals surface area contributed by atoms with Crippen LogP contribution < -0.4 is 5.32 Å². The van der Waals surface area contributed by atoms with Crippen molar-refractivity contribution in [2.45, 2.75) is 20.0 Å². The summed E-state index contributed by atoms with van der Waals surface area (Å²) in [5.41, 5.74) is 1.91. The molecule has 0 spiro atoms. The van der Waals surface area contributed by atoms with Crippen LogP contribution in [0.5, 0.6) is 0 Å². The average molecular weight is 341 g/mol. The SMILES string of the molecule is CC(=O)c1ccc(F)cc1C=CCCNC(=O)OCc1ccccc1. The average Bonchev–Trinajstić information content (AvgIpc) is 2.60. The fraction of sp³-hybridized carbons (Fsp3) is 0.200. The minimum Gasteiger partial charge on any atom is -0.445 e. The van der Waals surface area contributed by atoms with Crippen molar-refractivity contribution in [3.05, 3.63) is 77.1 Å². The molecular formula is C20H20FNO3. The van der Waals surface area contributed by atoms with E-state index in [1.807, 2.05) is 30.3 Å². The first kappa shape index (κ1) is 18.4. The van der Waals surface area contributed by atoms with Crippen molar-refractivity contribution in [1.29, 1.82) is 0 Å². The third kappa shape index (κ3) is 6.22. The summed E-state index contributed by atoms with van der Waals surface area (Å²) in [5, 5.41) is 2.63. The third-order valence-corrected chi connectivity index (χ3v) is 3.48. The Morgan fingerprint density at radius 1 is 1.16 bits per heavy atom. The number of hydrogen-bond acceptors (Lipinski definition) is 3. The molecule has 0 bridgehead atoms. The molecule has 4 nitrogen and oxygen atoms in total. The van der Waals surface area contributed by atoms with Gasteiger partial charge in [0.05, 0.1) is 0 Å². The molecule has 1 N–H and O–H groups in total. The Bertz CT molecular complexity index is 757. The second kappa shape index (κ2) is 9.37. The van der Waals surface area contributed by atoms with Crippen LogP contribution in [0, 0.1) is 5.82 Å². The fourth-order valence-corrected chi connectivity index (χ4v) is 2.23. The van der Waals surface area contributed by atoms with Gasteiger partial charge in [0, 0.05) is 12.1 Å². The second-order valence-corrected chi connectivity index (χ2v) is 5.47. The molecule has 0 aliphatic heterocycles. The van der Waals surface area contributed by atoms with Crippen molar-refractivity contribution >= 4 is 18.0 Å². The van der Waals surface area contributed by atoms with E-state index in [1.54, 1.807) is 12.2 Å². The molecule has 2 aromatic carbocycles. The molecule has 130 valence electrons. The van der Waals surface area contributed by atoms with Crippen molar-refractivity contribution in [2.24, 2.45) is 0 Å². The first-order valence-electron chi connectivity index (χ1n) is 7.98. The summed E-state index contributed by atoms with van der Waals surface area (Å²) in [6.07, 6.45) is 3.50. The molecule has 0 aliphatic rings. The van der Waals surface area contributed by atoms with Gasteiger partial charge in [-0.3, -0.25) is 4.79 Å². The van der Waals surface area contributed by atoms with E-state index in [4.69, 9.17) is 4.74 Å². The number of benzene rings is 2. The van der Waals surface area contributed by atoms with E-state index >= 15 is 0 Å². The lowest BCUT2D eigenvalue weighted by atomic mass is 10.0. The smallest absolute Gasteiger partial charge is 0.407 e. The molecule has 0 aliphatic carbocycles. The Morgan fingerprint density at radius 3 is 2.64 bits per heavy atom. The number of halogens is 1. The largest absolute Gasteiger partial charge is 0.445 e. The van der Waals surface area contributed by atoms with Gasteiger partial charge in [0.15, 0.2) is 5.78 Å². The zero-order chi connectivity index (χ0) is 18.1. The van der Waals surface area contributed by atoms with Gasteiger partial charge in [-0.25, -0.2) is 9.18 Å². The van der Waals surface area contributed by atoms with Crippen LogP contribution in [0.4, 0.5) is 9.18 Å². The highest BCUT2D eigenvalue weighted by Crippen LogP contribution is 2.14. The number of nitrogens with one attached hydrogen (secondary N) is 1. The number of carbonyl (C=O) groups is 2. The van der Waals surface area contributed by atoms with Gasteiger partial charge >= 0.3 is 6.09 Å². The second-order valence-electron chi connectivity index (χ2n) is 5.47. The number of ketones is 1. The van der Waals surface area contributed by atoms with Gasteiger partial charge in [-0.15, -0.1) is 0 Å². The molecule has 2 rings (SSSR count). The molecule has 0 heterocycles. The van der Waals surface area contributed by atoms with Gasteiger partial charge in [-0.1, -0.05) is 42.5 Å². The van der Waals surface area contributed by atoms with Gasteiger partial charge in [-0.05, 0) is 42.7 Å². The molecule has 0 fully saturated rings. The Labute approximate surface area is 146 Å². The van der Waals surface area contributed by atoms with Crippen LogP contribution in [-0.4, -0.2) is 18.4 Å². The molecule has 0 saturated heterocycles. The normalized spacial score (nSPS) is 10.6. The number of ether oxygens (including phenoxy) is 1. The summed E-state index contributed by atoms with van der Waals surface area (Å²) >= 11 is 0. The minimum absolute atomic E-state index is 0.123. The number of alkyl carbamates (subject to hydrolysis) is 1. The lowest BCUT2D eigenvalue weighted by Crippen LogP contribution is -2.24. The van der Waals surface area contributed by atoms with E-state index in [0.29, 0.717) is 24.1 Å². The molecule has 25 heavy (non-hydrogen) atoms. The molecule has 0 atom stereocenters. The number of amides is 1. The quantitative estimate of drug-likeness (QED) is 0.601. The summed E-state index contributed by atoms with van der Waals surface area (Å²) < 4.78 is 18.4. The highest BCUT2D eigenvalue weighted by Gasteiger charge is 2.06. The van der Waals surface area contributed by atoms with E-state index in [1.165, 1.54) is 25.1 Å². The third-order valence-electron chi connectivity index (χ3n) is 3.48. The number of Topliss-reactive ketones (excluding diaryl/α,β-unsaturated/α-hetero) is 1. The van der Waals surface area contributed by atoms with Crippen molar-refractivity contribution in [2.75, 3.05) is 6.54 Å². The van der Waals surface area contributed by atoms with Gasteiger partial charge < -0.3 is 10.1 Å². The first-order chi connectivity index (χ1) is 12.1. The summed E-state index contributed by atoms with van der Waals surface area (Å²) in [4.78, 5) is 23.1. The molecule has 0 unspecified atom stereocenters. The van der Waals surface area contributed by atoms with E-state index in [9.17, 15) is 14.0 Å². The predicted molar refractivity (Wildman–Crippen MR) is 94.7 cm³/mol. The van der Waals surface area contributed by atoms with Crippen LogP contribution in [0.15, 0.2) is 54.6 Å². The summed E-state index contributed by atoms with van der Waals surface area (Å²) in [6.45, 7) is 2.04. The molecule has 2 aromatic rings. The van der Waals surface area contributed by atoms with Crippen molar-refractivity contribution in [1.82, 2.24) is 5.32 Å². The molecule has 5 heteroatoms. The predicted octanol–water partition coefficient (Wildman–Crippen LogP) is 4.36. The van der Waals surface area contributed by atoms with E-state index in [0.717, 1.165) is 5.56 Å².